The fourth-order valence-electron chi connectivity index (χ4n) is 4.68. The van der Waals surface area contributed by atoms with Gasteiger partial charge in [0.2, 0.25) is 0 Å². The molecule has 0 saturated carbocycles. The number of aromatic nitrogens is 1. The normalized spacial score (nSPS) is 20.1. The third-order valence-electron chi connectivity index (χ3n) is 6.08. The third-order valence-corrected chi connectivity index (χ3v) is 6.08. The largest absolute Gasteiger partial charge is 0.497 e. The number of H-pyrrole nitrogens is 1. The van der Waals surface area contributed by atoms with Crippen molar-refractivity contribution in [3.8, 4) is 5.75 Å². The van der Waals surface area contributed by atoms with Gasteiger partial charge in [-0.2, -0.15) is 0 Å². The topological polar surface area (TPSA) is 77.6 Å². The number of hydrogen-bond donors (Lipinski definition) is 3. The molecule has 0 bridgehead atoms. The molecule has 6 heteroatoms. The van der Waals surface area contributed by atoms with E-state index in [9.17, 15) is 9.90 Å². The number of aliphatic hydroxyl groups is 1. The van der Waals surface area contributed by atoms with Crippen LogP contribution in [0.2, 0.25) is 0 Å². The van der Waals surface area contributed by atoms with E-state index in [0.29, 0.717) is 13.1 Å². The highest BCUT2D eigenvalue weighted by molar-refractivity contribution is 5.96. The van der Waals surface area contributed by atoms with Crippen molar-refractivity contribution in [1.82, 2.24) is 15.2 Å². The molecule has 1 fully saturated rings. The van der Waals surface area contributed by atoms with Gasteiger partial charge in [-0.05, 0) is 29.8 Å². The Morgan fingerprint density at radius 3 is 2.75 bits per heavy atom. The number of methoxy groups -OCH3 is 1. The number of nitrogens with one attached hydrogen (secondary N) is 2. The van der Waals surface area contributed by atoms with Crippen molar-refractivity contribution >= 4 is 16.8 Å². The van der Waals surface area contributed by atoms with Gasteiger partial charge in [0.1, 0.15) is 5.75 Å². The zero-order valence-corrected chi connectivity index (χ0v) is 15.7. The summed E-state index contributed by atoms with van der Waals surface area (Å²) in [7, 11) is 1.66. The summed E-state index contributed by atoms with van der Waals surface area (Å²) in [4.78, 5) is 18.2. The summed E-state index contributed by atoms with van der Waals surface area (Å²) >= 11 is 0. The number of hydrogen-bond acceptors (Lipinski definition) is 4. The van der Waals surface area contributed by atoms with Crippen LogP contribution in [0.25, 0.3) is 10.9 Å². The molecule has 2 aromatic carbocycles. The van der Waals surface area contributed by atoms with E-state index < -0.39 is 0 Å². The van der Waals surface area contributed by atoms with Crippen LogP contribution in [-0.4, -0.2) is 54.2 Å². The summed E-state index contributed by atoms with van der Waals surface area (Å²) in [6, 6.07) is 15.3. The molecule has 6 nitrogen and oxygen atoms in total. The van der Waals surface area contributed by atoms with E-state index in [0.717, 1.165) is 34.5 Å². The van der Waals surface area contributed by atoms with Crippen molar-refractivity contribution in [2.45, 2.75) is 11.5 Å². The van der Waals surface area contributed by atoms with E-state index in [-0.39, 0.29) is 24.0 Å². The summed E-state index contributed by atoms with van der Waals surface area (Å²) in [5.74, 6) is 0.863. The molecule has 3 aromatic rings. The number of rotatable bonds is 3. The van der Waals surface area contributed by atoms with Crippen LogP contribution < -0.4 is 10.1 Å². The van der Waals surface area contributed by atoms with Gasteiger partial charge in [0.15, 0.2) is 0 Å². The van der Waals surface area contributed by atoms with Gasteiger partial charge in [-0.1, -0.05) is 18.2 Å². The minimum absolute atomic E-state index is 0.0275. The lowest BCUT2D eigenvalue weighted by Crippen LogP contribution is -2.67. The molecule has 1 aromatic heterocycles. The molecule has 28 heavy (non-hydrogen) atoms. The molecule has 3 N–H and O–H groups in total. The molecule has 0 radical (unpaired) electrons. The van der Waals surface area contributed by atoms with E-state index in [1.165, 1.54) is 5.56 Å². The fourth-order valence-corrected chi connectivity index (χ4v) is 4.68. The minimum Gasteiger partial charge on any atom is -0.497 e. The Labute approximate surface area is 163 Å². The number of aliphatic hydroxyl groups excluding tert-OH is 1. The van der Waals surface area contributed by atoms with Crippen LogP contribution in [0.1, 0.15) is 27.7 Å². The number of likely N-dealkylation sites (tertiary alicyclic amines) is 1. The van der Waals surface area contributed by atoms with Crippen LogP contribution in [0.4, 0.5) is 0 Å². The second-order valence-electron chi connectivity index (χ2n) is 7.75. The average Bonchev–Trinajstić information content (AvgIpc) is 3.10. The SMILES string of the molecule is COc1ccc2c3c([nH]c2c1)[C@H](CO)NCC31CN(C(=O)c2ccccc2)C1. The highest BCUT2D eigenvalue weighted by Crippen LogP contribution is 2.45. The lowest BCUT2D eigenvalue weighted by atomic mass is 9.69. The number of carbonyl (C=O) groups is 1. The zero-order valence-electron chi connectivity index (χ0n) is 15.7. The third kappa shape index (κ3) is 2.45. The van der Waals surface area contributed by atoms with Gasteiger partial charge >= 0.3 is 0 Å². The van der Waals surface area contributed by atoms with Crippen molar-refractivity contribution in [2.75, 3.05) is 33.4 Å². The molecule has 0 aliphatic carbocycles. The van der Waals surface area contributed by atoms with Crippen LogP contribution in [0.3, 0.4) is 0 Å². The predicted molar refractivity (Wildman–Crippen MR) is 107 cm³/mol. The first kappa shape index (κ1) is 17.3. The van der Waals surface area contributed by atoms with Crippen molar-refractivity contribution in [3.05, 3.63) is 65.4 Å². The number of amides is 1. The van der Waals surface area contributed by atoms with Crippen molar-refractivity contribution in [1.29, 1.82) is 0 Å². The quantitative estimate of drug-likeness (QED) is 0.654. The lowest BCUT2D eigenvalue weighted by molar-refractivity contribution is 0.0340. The molecule has 5 rings (SSSR count). The summed E-state index contributed by atoms with van der Waals surface area (Å²) < 4.78 is 5.36. The smallest absolute Gasteiger partial charge is 0.253 e. The number of fused-ring (bicyclic) bond motifs is 4. The van der Waals surface area contributed by atoms with E-state index >= 15 is 0 Å². The van der Waals surface area contributed by atoms with Gasteiger partial charge in [0.05, 0.1) is 19.8 Å². The molecule has 2 aliphatic heterocycles. The van der Waals surface area contributed by atoms with Gasteiger partial charge in [0.25, 0.3) is 5.91 Å². The Bertz CT molecular complexity index is 1040. The van der Waals surface area contributed by atoms with Gasteiger partial charge in [0, 0.05) is 53.3 Å². The average molecular weight is 377 g/mol. The number of aromatic amines is 1. The molecule has 0 unspecified atom stereocenters. The predicted octanol–water partition coefficient (Wildman–Crippen LogP) is 2.21. The first-order valence-electron chi connectivity index (χ1n) is 9.54. The highest BCUT2D eigenvalue weighted by atomic mass is 16.5. The Morgan fingerprint density at radius 1 is 1.25 bits per heavy atom. The van der Waals surface area contributed by atoms with E-state index in [1.807, 2.05) is 47.4 Å². The minimum atomic E-state index is -0.141. The molecule has 3 heterocycles. The zero-order chi connectivity index (χ0) is 19.3. The monoisotopic (exact) mass is 377 g/mol. The number of ether oxygens (including phenoxy) is 1. The van der Waals surface area contributed by atoms with Crippen LogP contribution in [-0.2, 0) is 5.41 Å². The van der Waals surface area contributed by atoms with Gasteiger partial charge in [-0.3, -0.25) is 4.79 Å². The van der Waals surface area contributed by atoms with E-state index in [2.05, 4.69) is 16.4 Å². The van der Waals surface area contributed by atoms with Crippen LogP contribution >= 0.6 is 0 Å². The Balaban J connectivity index is 1.52. The lowest BCUT2D eigenvalue weighted by Gasteiger charge is -2.53. The second kappa shape index (κ2) is 6.36. The van der Waals surface area contributed by atoms with Gasteiger partial charge in [-0.15, -0.1) is 0 Å². The standard InChI is InChI=1S/C22H23N3O3/c1-28-15-7-8-16-17(9-15)24-20-18(10-26)23-11-22(19(16)20)12-25(13-22)21(27)14-5-3-2-4-6-14/h2-9,18,23-24,26H,10-13H2,1H3/t18-/m0/s1. The molecular formula is C22H23N3O3. The summed E-state index contributed by atoms with van der Waals surface area (Å²) in [6.07, 6.45) is 0. The molecule has 1 spiro atoms. The summed E-state index contributed by atoms with van der Waals surface area (Å²) in [5.41, 5.74) is 3.82. The Morgan fingerprint density at radius 2 is 2.04 bits per heavy atom. The van der Waals surface area contributed by atoms with Crippen molar-refractivity contribution in [2.24, 2.45) is 0 Å². The number of carbonyl (C=O) groups excluding carboxylic acids is 1. The number of nitrogens with zero attached hydrogens (tertiary/aromatic N) is 1. The summed E-state index contributed by atoms with van der Waals surface area (Å²) in [6.45, 7) is 2.10. The maximum absolute atomic E-state index is 12.8. The van der Waals surface area contributed by atoms with Crippen molar-refractivity contribution < 1.29 is 14.6 Å². The number of benzene rings is 2. The molecule has 1 saturated heterocycles. The van der Waals surface area contributed by atoms with Crippen LogP contribution in [0.15, 0.2) is 48.5 Å². The Kier molecular flexibility index (Phi) is 3.92. The fraction of sp³-hybridized carbons (Fsp3) is 0.318. The van der Waals surface area contributed by atoms with Crippen LogP contribution in [0, 0.1) is 0 Å². The van der Waals surface area contributed by atoms with Crippen LogP contribution in [0.5, 0.6) is 5.75 Å². The maximum Gasteiger partial charge on any atom is 0.253 e. The van der Waals surface area contributed by atoms with E-state index in [1.54, 1.807) is 7.11 Å². The van der Waals surface area contributed by atoms with Crippen molar-refractivity contribution in [3.63, 3.8) is 0 Å². The molecular weight excluding hydrogens is 354 g/mol. The molecule has 1 amide bonds. The first-order chi connectivity index (χ1) is 13.6. The second-order valence-corrected chi connectivity index (χ2v) is 7.75. The molecule has 144 valence electrons. The van der Waals surface area contributed by atoms with Gasteiger partial charge < -0.3 is 25.0 Å². The molecule has 2 aliphatic rings. The highest BCUT2D eigenvalue weighted by Gasteiger charge is 2.51. The first-order valence-corrected chi connectivity index (χ1v) is 9.54. The molecule has 1 atom stereocenters. The van der Waals surface area contributed by atoms with Gasteiger partial charge in [-0.25, -0.2) is 0 Å². The summed E-state index contributed by atoms with van der Waals surface area (Å²) in [5, 5.41) is 14.4. The van der Waals surface area contributed by atoms with E-state index in [4.69, 9.17) is 4.74 Å². The Hall–Kier alpha value is -2.83. The maximum atomic E-state index is 12.8.